The molecule has 1 aromatic carbocycles. The molecule has 0 bridgehead atoms. The lowest BCUT2D eigenvalue weighted by molar-refractivity contribution is -0.148. The fourth-order valence-electron chi connectivity index (χ4n) is 1.90. The summed E-state index contributed by atoms with van der Waals surface area (Å²) in [6.07, 6.45) is 0. The molecule has 0 aliphatic heterocycles. The molecule has 0 aliphatic rings. The van der Waals surface area contributed by atoms with Crippen molar-refractivity contribution < 1.29 is 9.53 Å². The zero-order valence-corrected chi connectivity index (χ0v) is 12.3. The van der Waals surface area contributed by atoms with Crippen LogP contribution in [0.5, 0.6) is 0 Å². The van der Waals surface area contributed by atoms with Gasteiger partial charge in [-0.25, -0.2) is 4.79 Å². The van der Waals surface area contributed by atoms with Crippen LogP contribution in [-0.4, -0.2) is 31.2 Å². The quantitative estimate of drug-likeness (QED) is 0.799. The lowest BCUT2D eigenvalue weighted by Crippen LogP contribution is -2.54. The summed E-state index contributed by atoms with van der Waals surface area (Å²) in [6.45, 7) is 9.16. The summed E-state index contributed by atoms with van der Waals surface area (Å²) < 4.78 is 5.02. The Morgan fingerprint density at radius 1 is 1.32 bits per heavy atom. The molecule has 0 aromatic heterocycles. The van der Waals surface area contributed by atoms with Crippen molar-refractivity contribution in [3.05, 3.63) is 29.8 Å². The van der Waals surface area contributed by atoms with Crippen molar-refractivity contribution in [1.29, 1.82) is 0 Å². The average Bonchev–Trinajstić information content (AvgIpc) is 2.37. The van der Waals surface area contributed by atoms with Crippen LogP contribution in [0.3, 0.4) is 0 Å². The van der Waals surface area contributed by atoms with Crippen LogP contribution < -0.4 is 10.6 Å². The van der Waals surface area contributed by atoms with Gasteiger partial charge in [0, 0.05) is 18.8 Å². The highest BCUT2D eigenvalue weighted by Crippen LogP contribution is 2.17. The fourth-order valence-corrected chi connectivity index (χ4v) is 1.90. The zero-order chi connectivity index (χ0) is 14.5. The highest BCUT2D eigenvalue weighted by molar-refractivity contribution is 5.81. The van der Waals surface area contributed by atoms with Gasteiger partial charge in [0.2, 0.25) is 0 Å². The summed E-state index contributed by atoms with van der Waals surface area (Å²) in [7, 11) is 0. The van der Waals surface area contributed by atoms with E-state index in [0.29, 0.717) is 13.2 Å². The van der Waals surface area contributed by atoms with Crippen LogP contribution in [0.25, 0.3) is 0 Å². The van der Waals surface area contributed by atoms with E-state index in [9.17, 15) is 4.79 Å². The average molecular weight is 264 g/mol. The topological polar surface area (TPSA) is 55.6 Å². The molecule has 4 nitrogen and oxygen atoms in total. The van der Waals surface area contributed by atoms with Crippen LogP contribution >= 0.6 is 0 Å². The van der Waals surface area contributed by atoms with E-state index in [0.717, 1.165) is 12.2 Å². The Labute approximate surface area is 115 Å². The number of benzene rings is 1. The third-order valence-corrected chi connectivity index (χ3v) is 3.04. The number of anilines is 1. The second-order valence-electron chi connectivity index (χ2n) is 4.99. The minimum absolute atomic E-state index is 0.349. The molecule has 0 spiro atoms. The van der Waals surface area contributed by atoms with Crippen molar-refractivity contribution in [3.63, 3.8) is 0 Å². The number of nitrogens with zero attached hydrogens (tertiary/aromatic N) is 1. The van der Waals surface area contributed by atoms with E-state index in [1.54, 1.807) is 13.8 Å². The van der Waals surface area contributed by atoms with Gasteiger partial charge in [-0.1, -0.05) is 17.7 Å². The molecule has 106 valence electrons. The first-order valence-electron chi connectivity index (χ1n) is 6.68. The molecule has 0 radical (unpaired) electrons. The Morgan fingerprint density at radius 2 is 1.89 bits per heavy atom. The van der Waals surface area contributed by atoms with E-state index in [2.05, 4.69) is 17.0 Å². The standard InChI is InChI=1S/C15H24N2O2/c1-5-17(13-9-7-12(3)8-10-13)11-15(4,16)14(18)19-6-2/h7-10H,5-6,11,16H2,1-4H3. The van der Waals surface area contributed by atoms with Crippen molar-refractivity contribution in [2.75, 3.05) is 24.6 Å². The normalized spacial score (nSPS) is 13.7. The maximum atomic E-state index is 11.8. The van der Waals surface area contributed by atoms with Crippen LogP contribution in [0.15, 0.2) is 24.3 Å². The maximum Gasteiger partial charge on any atom is 0.327 e. The van der Waals surface area contributed by atoms with Crippen molar-refractivity contribution in [3.8, 4) is 0 Å². The van der Waals surface area contributed by atoms with E-state index < -0.39 is 5.54 Å². The van der Waals surface area contributed by atoms with Crippen LogP contribution in [0, 0.1) is 6.92 Å². The predicted molar refractivity (Wildman–Crippen MR) is 78.3 cm³/mol. The van der Waals surface area contributed by atoms with Gasteiger partial charge in [0.1, 0.15) is 5.54 Å². The summed E-state index contributed by atoms with van der Waals surface area (Å²) in [5, 5.41) is 0. The van der Waals surface area contributed by atoms with Crippen LogP contribution in [0.2, 0.25) is 0 Å². The molecule has 1 unspecified atom stereocenters. The van der Waals surface area contributed by atoms with E-state index in [4.69, 9.17) is 10.5 Å². The first-order chi connectivity index (χ1) is 8.90. The molecule has 2 N–H and O–H groups in total. The van der Waals surface area contributed by atoms with Gasteiger partial charge in [-0.2, -0.15) is 0 Å². The van der Waals surface area contributed by atoms with Crippen molar-refractivity contribution in [2.45, 2.75) is 33.2 Å². The van der Waals surface area contributed by atoms with Crippen molar-refractivity contribution in [1.82, 2.24) is 0 Å². The zero-order valence-electron chi connectivity index (χ0n) is 12.3. The van der Waals surface area contributed by atoms with E-state index in [-0.39, 0.29) is 5.97 Å². The van der Waals surface area contributed by atoms with Gasteiger partial charge < -0.3 is 15.4 Å². The van der Waals surface area contributed by atoms with E-state index in [1.165, 1.54) is 5.56 Å². The van der Waals surface area contributed by atoms with Crippen LogP contribution in [-0.2, 0) is 9.53 Å². The number of rotatable bonds is 6. The number of aryl methyl sites for hydroxylation is 1. The lowest BCUT2D eigenvalue weighted by Gasteiger charge is -2.31. The number of carbonyl (C=O) groups excluding carboxylic acids is 1. The van der Waals surface area contributed by atoms with Crippen LogP contribution in [0.1, 0.15) is 26.3 Å². The number of hydrogen-bond donors (Lipinski definition) is 1. The molecule has 19 heavy (non-hydrogen) atoms. The third kappa shape index (κ3) is 4.24. The molecule has 1 atom stereocenters. The molecule has 0 amide bonds. The number of ether oxygens (including phenoxy) is 1. The SMILES string of the molecule is CCOC(=O)C(C)(N)CN(CC)c1ccc(C)cc1. The monoisotopic (exact) mass is 264 g/mol. The smallest absolute Gasteiger partial charge is 0.327 e. The maximum absolute atomic E-state index is 11.8. The highest BCUT2D eigenvalue weighted by atomic mass is 16.5. The minimum Gasteiger partial charge on any atom is -0.465 e. The largest absolute Gasteiger partial charge is 0.465 e. The second kappa shape index (κ2) is 6.57. The van der Waals surface area contributed by atoms with Crippen LogP contribution in [0.4, 0.5) is 5.69 Å². The fraction of sp³-hybridized carbons (Fsp3) is 0.533. The summed E-state index contributed by atoms with van der Waals surface area (Å²) >= 11 is 0. The Kier molecular flexibility index (Phi) is 5.36. The van der Waals surface area contributed by atoms with E-state index >= 15 is 0 Å². The van der Waals surface area contributed by atoms with Crippen molar-refractivity contribution in [2.24, 2.45) is 5.73 Å². The van der Waals surface area contributed by atoms with Gasteiger partial charge in [0.05, 0.1) is 6.61 Å². The first kappa shape index (κ1) is 15.5. The van der Waals surface area contributed by atoms with Gasteiger partial charge in [-0.3, -0.25) is 0 Å². The summed E-state index contributed by atoms with van der Waals surface area (Å²) in [6, 6.07) is 8.19. The molecule has 0 fully saturated rings. The van der Waals surface area contributed by atoms with Gasteiger partial charge in [0.25, 0.3) is 0 Å². The molecule has 1 rings (SSSR count). The predicted octanol–water partition coefficient (Wildman–Crippen LogP) is 2.10. The lowest BCUT2D eigenvalue weighted by atomic mass is 10.0. The molecular formula is C15H24N2O2. The number of nitrogens with two attached hydrogens (primary N) is 1. The molecule has 0 saturated carbocycles. The number of likely N-dealkylation sites (N-methyl/N-ethyl adjacent to an activating group) is 1. The third-order valence-electron chi connectivity index (χ3n) is 3.04. The Morgan fingerprint density at radius 3 is 2.37 bits per heavy atom. The van der Waals surface area contributed by atoms with Gasteiger partial charge >= 0.3 is 5.97 Å². The van der Waals surface area contributed by atoms with Gasteiger partial charge in [0.15, 0.2) is 0 Å². The Balaban J connectivity index is 2.81. The number of esters is 1. The molecule has 0 aliphatic carbocycles. The van der Waals surface area contributed by atoms with Crippen molar-refractivity contribution >= 4 is 11.7 Å². The Bertz CT molecular complexity index is 413. The number of carbonyl (C=O) groups is 1. The molecule has 0 saturated heterocycles. The Hall–Kier alpha value is -1.55. The molecule has 1 aromatic rings. The summed E-state index contributed by atoms with van der Waals surface area (Å²) in [4.78, 5) is 13.9. The summed E-state index contributed by atoms with van der Waals surface area (Å²) in [5.41, 5.74) is 7.34. The van der Waals surface area contributed by atoms with Gasteiger partial charge in [-0.05, 0) is 39.8 Å². The molecule has 4 heteroatoms. The molecular weight excluding hydrogens is 240 g/mol. The molecule has 0 heterocycles. The summed E-state index contributed by atoms with van der Waals surface area (Å²) in [5.74, 6) is -0.361. The second-order valence-corrected chi connectivity index (χ2v) is 4.99. The van der Waals surface area contributed by atoms with E-state index in [1.807, 2.05) is 26.0 Å². The highest BCUT2D eigenvalue weighted by Gasteiger charge is 2.32. The number of hydrogen-bond acceptors (Lipinski definition) is 4. The minimum atomic E-state index is -1.00. The first-order valence-corrected chi connectivity index (χ1v) is 6.68. The van der Waals surface area contributed by atoms with Gasteiger partial charge in [-0.15, -0.1) is 0 Å².